The first-order valence-electron chi connectivity index (χ1n) is 8.63. The van der Waals surface area contributed by atoms with Crippen molar-refractivity contribution in [3.8, 4) is 5.82 Å². The number of hydrogen-bond donors (Lipinski definition) is 2. The monoisotopic (exact) mass is 420 g/mol. The third-order valence-corrected chi connectivity index (χ3v) is 5.74. The lowest BCUT2D eigenvalue weighted by molar-refractivity contribution is 0.582. The molecule has 2 N–H and O–H groups in total. The Morgan fingerprint density at radius 2 is 1.93 bits per heavy atom. The zero-order valence-electron chi connectivity index (χ0n) is 15.6. The van der Waals surface area contributed by atoms with Crippen LogP contribution in [-0.2, 0) is 15.8 Å². The van der Waals surface area contributed by atoms with Crippen molar-refractivity contribution in [3.05, 3.63) is 65.0 Å². The van der Waals surface area contributed by atoms with Crippen LogP contribution in [0.3, 0.4) is 0 Å². The fourth-order valence-electron chi connectivity index (χ4n) is 2.60. The van der Waals surface area contributed by atoms with Crippen molar-refractivity contribution in [1.29, 1.82) is 0 Å². The summed E-state index contributed by atoms with van der Waals surface area (Å²) in [4.78, 5) is 12.7. The van der Waals surface area contributed by atoms with Gasteiger partial charge >= 0.3 is 0 Å². The highest BCUT2D eigenvalue weighted by atomic mass is 35.5. The van der Waals surface area contributed by atoms with Gasteiger partial charge in [-0.2, -0.15) is 0 Å². The molecule has 0 saturated heterocycles. The van der Waals surface area contributed by atoms with Gasteiger partial charge in [-0.3, -0.25) is 4.57 Å². The minimum Gasteiger partial charge on any atom is -0.369 e. The minimum atomic E-state index is -3.45. The summed E-state index contributed by atoms with van der Waals surface area (Å²) in [6.07, 6.45) is 3.16. The van der Waals surface area contributed by atoms with Gasteiger partial charge in [-0.25, -0.2) is 28.1 Å². The number of nitrogens with zero attached hydrogens (tertiary/aromatic N) is 4. The maximum absolute atomic E-state index is 12.2. The molecule has 0 unspecified atom stereocenters. The second kappa shape index (κ2) is 8.68. The average Bonchev–Trinajstić information content (AvgIpc) is 2.98. The quantitative estimate of drug-likeness (QED) is 0.543. The lowest BCUT2D eigenvalue weighted by Gasteiger charge is -2.10. The summed E-state index contributed by atoms with van der Waals surface area (Å²) in [5.74, 6) is 1.17. The molecule has 0 bridgehead atoms. The van der Waals surface area contributed by atoms with E-state index >= 15 is 0 Å². The van der Waals surface area contributed by atoms with Crippen molar-refractivity contribution in [1.82, 2.24) is 24.2 Å². The molecule has 10 heteroatoms. The van der Waals surface area contributed by atoms with E-state index in [1.807, 2.05) is 18.4 Å². The van der Waals surface area contributed by atoms with Crippen LogP contribution < -0.4 is 10.0 Å². The van der Waals surface area contributed by atoms with E-state index in [1.54, 1.807) is 36.7 Å². The summed E-state index contributed by atoms with van der Waals surface area (Å²) < 4.78 is 28.8. The summed E-state index contributed by atoms with van der Waals surface area (Å²) >= 11 is 5.89. The topological polar surface area (TPSA) is 102 Å². The molecule has 148 valence electrons. The molecule has 0 fully saturated rings. The molecule has 0 spiro atoms. The summed E-state index contributed by atoms with van der Waals surface area (Å²) in [7, 11) is -3.45. The van der Waals surface area contributed by atoms with Gasteiger partial charge in [-0.05, 0) is 31.5 Å². The van der Waals surface area contributed by atoms with Crippen molar-refractivity contribution in [3.63, 3.8) is 0 Å². The van der Waals surface area contributed by atoms with Gasteiger partial charge in [0.25, 0.3) is 0 Å². The van der Waals surface area contributed by atoms with Crippen molar-refractivity contribution in [2.75, 3.05) is 18.4 Å². The second-order valence-electron chi connectivity index (χ2n) is 6.26. The number of nitrogens with one attached hydrogen (secondary N) is 2. The molecule has 1 aromatic carbocycles. The van der Waals surface area contributed by atoms with E-state index in [9.17, 15) is 8.42 Å². The van der Waals surface area contributed by atoms with Crippen LogP contribution in [0.4, 0.5) is 5.82 Å². The largest absolute Gasteiger partial charge is 0.369 e. The van der Waals surface area contributed by atoms with Gasteiger partial charge < -0.3 is 5.32 Å². The van der Waals surface area contributed by atoms with Crippen LogP contribution in [-0.4, -0.2) is 41.0 Å². The lowest BCUT2D eigenvalue weighted by Crippen LogP contribution is -2.30. The Morgan fingerprint density at radius 1 is 1.11 bits per heavy atom. The van der Waals surface area contributed by atoms with Crippen molar-refractivity contribution in [2.24, 2.45) is 0 Å². The van der Waals surface area contributed by atoms with Gasteiger partial charge in [-0.15, -0.1) is 0 Å². The Hall–Kier alpha value is -2.49. The first-order valence-corrected chi connectivity index (χ1v) is 10.7. The van der Waals surface area contributed by atoms with Gasteiger partial charge in [0.1, 0.15) is 24.3 Å². The van der Waals surface area contributed by atoms with Crippen LogP contribution in [0.2, 0.25) is 5.02 Å². The molecule has 0 aliphatic heterocycles. The van der Waals surface area contributed by atoms with Crippen LogP contribution in [0.5, 0.6) is 0 Å². The number of halogens is 1. The number of hydrogen-bond acceptors (Lipinski definition) is 6. The number of anilines is 1. The first-order chi connectivity index (χ1) is 13.3. The standard InChI is InChI=1S/C18H21ClN6O2S/c1-13-14(2)25(12-23-13)18-9-17(21-11-22-18)20-6-7-24-28(26,27)10-15-4-3-5-16(19)8-15/h3-5,8-9,11-12,24H,6-7,10H2,1-2H3,(H,20,21,22). The van der Waals surface area contributed by atoms with Crippen LogP contribution >= 0.6 is 11.6 Å². The Balaban J connectivity index is 1.54. The highest BCUT2D eigenvalue weighted by molar-refractivity contribution is 7.88. The predicted molar refractivity (Wildman–Crippen MR) is 109 cm³/mol. The first kappa shape index (κ1) is 20.2. The number of aryl methyl sites for hydroxylation is 1. The molecule has 0 amide bonds. The van der Waals surface area contributed by atoms with E-state index in [4.69, 9.17) is 11.6 Å². The van der Waals surface area contributed by atoms with Gasteiger partial charge in [0.05, 0.1) is 11.4 Å². The van der Waals surface area contributed by atoms with Gasteiger partial charge in [0.15, 0.2) is 0 Å². The molecule has 8 nitrogen and oxygen atoms in total. The minimum absolute atomic E-state index is 0.121. The summed E-state index contributed by atoms with van der Waals surface area (Å²) in [6, 6.07) is 8.59. The summed E-state index contributed by atoms with van der Waals surface area (Å²) in [5.41, 5.74) is 2.57. The number of rotatable bonds is 8. The fraction of sp³-hybridized carbons (Fsp3) is 0.278. The second-order valence-corrected chi connectivity index (χ2v) is 8.50. The van der Waals surface area contributed by atoms with Crippen LogP contribution in [0.25, 0.3) is 5.82 Å². The summed E-state index contributed by atoms with van der Waals surface area (Å²) in [5, 5.41) is 3.61. The third kappa shape index (κ3) is 5.28. The highest BCUT2D eigenvalue weighted by Crippen LogP contribution is 2.14. The molecule has 2 heterocycles. The van der Waals surface area contributed by atoms with Crippen LogP contribution in [0.1, 0.15) is 17.0 Å². The number of sulfonamides is 1. The molecule has 0 aliphatic carbocycles. The molecule has 3 aromatic rings. The van der Waals surface area contributed by atoms with Crippen LogP contribution in [0, 0.1) is 13.8 Å². The fourth-order valence-corrected chi connectivity index (χ4v) is 3.95. The zero-order chi connectivity index (χ0) is 20.1. The molecule has 2 aromatic heterocycles. The predicted octanol–water partition coefficient (Wildman–Crippen LogP) is 2.46. The molecule has 0 aliphatic rings. The lowest BCUT2D eigenvalue weighted by atomic mass is 10.2. The molecule has 0 saturated carbocycles. The molecule has 28 heavy (non-hydrogen) atoms. The molecule has 0 radical (unpaired) electrons. The maximum atomic E-state index is 12.2. The molecular weight excluding hydrogens is 400 g/mol. The van der Waals surface area contributed by atoms with Crippen molar-refractivity contribution < 1.29 is 8.42 Å². The Morgan fingerprint density at radius 3 is 2.64 bits per heavy atom. The average molecular weight is 421 g/mol. The van der Waals surface area contributed by atoms with E-state index in [2.05, 4.69) is 25.0 Å². The normalized spacial score (nSPS) is 11.5. The SMILES string of the molecule is Cc1ncn(-c2cc(NCCNS(=O)(=O)Cc3cccc(Cl)c3)ncn2)c1C. The number of aromatic nitrogens is 4. The van der Waals surface area contributed by atoms with Crippen molar-refractivity contribution in [2.45, 2.75) is 19.6 Å². The van der Waals surface area contributed by atoms with Crippen LogP contribution in [0.15, 0.2) is 43.0 Å². The smallest absolute Gasteiger partial charge is 0.215 e. The molecular formula is C18H21ClN6O2S. The molecule has 3 rings (SSSR count). The number of benzene rings is 1. The maximum Gasteiger partial charge on any atom is 0.215 e. The van der Waals surface area contributed by atoms with E-state index in [0.29, 0.717) is 28.8 Å². The van der Waals surface area contributed by atoms with E-state index in [1.165, 1.54) is 6.33 Å². The van der Waals surface area contributed by atoms with Gasteiger partial charge in [0, 0.05) is 29.9 Å². The van der Waals surface area contributed by atoms with E-state index < -0.39 is 10.0 Å². The molecule has 0 atom stereocenters. The van der Waals surface area contributed by atoms with Gasteiger partial charge in [0.2, 0.25) is 10.0 Å². The summed E-state index contributed by atoms with van der Waals surface area (Å²) in [6.45, 7) is 4.51. The van der Waals surface area contributed by atoms with Crippen molar-refractivity contribution >= 4 is 27.4 Å². The zero-order valence-corrected chi connectivity index (χ0v) is 17.1. The third-order valence-electron chi connectivity index (χ3n) is 4.15. The Kier molecular flexibility index (Phi) is 6.28. The highest BCUT2D eigenvalue weighted by Gasteiger charge is 2.11. The Bertz CT molecular complexity index is 1070. The Labute approximate surface area is 169 Å². The number of imidazole rings is 1. The van der Waals surface area contributed by atoms with Gasteiger partial charge in [-0.1, -0.05) is 23.7 Å². The van der Waals surface area contributed by atoms with E-state index in [0.717, 1.165) is 11.4 Å². The van der Waals surface area contributed by atoms with E-state index in [-0.39, 0.29) is 12.3 Å².